The first-order chi connectivity index (χ1) is 10.2. The Bertz CT molecular complexity index is 709. The van der Waals surface area contributed by atoms with Gasteiger partial charge in [0.1, 0.15) is 5.75 Å². The van der Waals surface area contributed by atoms with Gasteiger partial charge in [-0.3, -0.25) is 4.55 Å². The van der Waals surface area contributed by atoms with E-state index in [1.165, 1.54) is 6.07 Å². The van der Waals surface area contributed by atoms with Crippen LogP contribution in [0.2, 0.25) is 0 Å². The zero-order valence-corrected chi connectivity index (χ0v) is 17.7. The second kappa shape index (κ2) is 7.68. The molecular formula is C10H5Br4F3O5S. The minimum absolute atomic E-state index is 0.102. The Labute approximate surface area is 162 Å². The van der Waals surface area contributed by atoms with Gasteiger partial charge < -0.3 is 4.74 Å². The lowest BCUT2D eigenvalue weighted by Gasteiger charge is -2.20. The van der Waals surface area contributed by atoms with Crippen LogP contribution in [0.3, 0.4) is 0 Å². The number of hydrogen-bond acceptors (Lipinski definition) is 4. The van der Waals surface area contributed by atoms with Gasteiger partial charge in [0.15, 0.2) is 0 Å². The average molecular weight is 614 g/mol. The normalized spacial score (nSPS) is 13.7. The van der Waals surface area contributed by atoms with Gasteiger partial charge in [-0.1, -0.05) is 0 Å². The monoisotopic (exact) mass is 610 g/mol. The Balaban J connectivity index is 3.24. The summed E-state index contributed by atoms with van der Waals surface area (Å²) in [5, 5.41) is 0. The highest BCUT2D eigenvalue weighted by atomic mass is 79.9. The van der Waals surface area contributed by atoms with Crippen molar-refractivity contribution in [2.45, 2.75) is 12.3 Å². The number of alkyl halides is 3. The van der Waals surface area contributed by atoms with Crippen molar-refractivity contribution in [3.63, 3.8) is 0 Å². The van der Waals surface area contributed by atoms with Crippen LogP contribution in [-0.4, -0.2) is 37.0 Å². The molecule has 13 heteroatoms. The van der Waals surface area contributed by atoms with E-state index in [0.29, 0.717) is 8.95 Å². The SMILES string of the molecule is O=C(OC(CS(=O)(=O)O)C(F)(F)F)c1c(Br)c(Br)cc(Br)c1Br. The minimum Gasteiger partial charge on any atom is -0.448 e. The predicted octanol–water partition coefficient (Wildman–Crippen LogP) is 4.71. The van der Waals surface area contributed by atoms with E-state index in [9.17, 15) is 26.4 Å². The van der Waals surface area contributed by atoms with E-state index in [2.05, 4.69) is 68.5 Å². The molecule has 1 rings (SSSR count). The quantitative estimate of drug-likeness (QED) is 0.302. The van der Waals surface area contributed by atoms with Gasteiger partial charge in [-0.05, 0) is 69.8 Å². The van der Waals surface area contributed by atoms with Crippen LogP contribution in [0.25, 0.3) is 0 Å². The molecule has 130 valence electrons. The van der Waals surface area contributed by atoms with Crippen LogP contribution in [0, 0.1) is 0 Å². The summed E-state index contributed by atoms with van der Waals surface area (Å²) < 4.78 is 73.5. The van der Waals surface area contributed by atoms with Gasteiger partial charge in [0.2, 0.25) is 6.10 Å². The maximum atomic E-state index is 12.8. The van der Waals surface area contributed by atoms with Crippen LogP contribution in [0.15, 0.2) is 24.0 Å². The molecule has 1 aromatic carbocycles. The number of halogens is 7. The smallest absolute Gasteiger partial charge is 0.426 e. The van der Waals surface area contributed by atoms with Crippen LogP contribution >= 0.6 is 63.7 Å². The van der Waals surface area contributed by atoms with Crippen molar-refractivity contribution in [3.05, 3.63) is 29.5 Å². The fourth-order valence-corrected chi connectivity index (χ4v) is 4.34. The van der Waals surface area contributed by atoms with Crippen LogP contribution in [0.5, 0.6) is 0 Å². The molecule has 0 radical (unpaired) electrons. The van der Waals surface area contributed by atoms with Gasteiger partial charge in [0, 0.05) is 17.9 Å². The van der Waals surface area contributed by atoms with Crippen LogP contribution in [0.1, 0.15) is 10.4 Å². The largest absolute Gasteiger partial charge is 0.448 e. The number of carbonyl (C=O) groups excluding carboxylic acids is 1. The fourth-order valence-electron chi connectivity index (χ4n) is 1.33. The Hall–Kier alpha value is 0.310. The molecule has 0 aliphatic carbocycles. The van der Waals surface area contributed by atoms with Gasteiger partial charge in [-0.2, -0.15) is 21.6 Å². The zero-order chi connectivity index (χ0) is 18.2. The maximum absolute atomic E-state index is 12.8. The Morgan fingerprint density at radius 1 is 1.17 bits per heavy atom. The first kappa shape index (κ1) is 21.4. The third-order valence-corrected chi connectivity index (χ3v) is 6.98. The molecule has 1 N–H and O–H groups in total. The summed E-state index contributed by atoms with van der Waals surface area (Å²) in [6.45, 7) is 0. The first-order valence-corrected chi connectivity index (χ1v) is 10.1. The van der Waals surface area contributed by atoms with Gasteiger partial charge in [-0.25, -0.2) is 4.79 Å². The number of hydrogen-bond donors (Lipinski definition) is 1. The van der Waals surface area contributed by atoms with Crippen molar-refractivity contribution < 1.29 is 35.7 Å². The summed E-state index contributed by atoms with van der Waals surface area (Å²) >= 11 is 12.2. The van der Waals surface area contributed by atoms with Crippen LogP contribution < -0.4 is 0 Å². The average Bonchev–Trinajstić information content (AvgIpc) is 2.33. The lowest BCUT2D eigenvalue weighted by molar-refractivity contribution is -0.197. The van der Waals surface area contributed by atoms with Crippen LogP contribution in [0.4, 0.5) is 13.2 Å². The number of ether oxygens (including phenoxy) is 1. The number of esters is 1. The highest BCUT2D eigenvalue weighted by Crippen LogP contribution is 2.39. The van der Waals surface area contributed by atoms with Crippen molar-refractivity contribution >= 4 is 79.8 Å². The Morgan fingerprint density at radius 3 is 1.96 bits per heavy atom. The van der Waals surface area contributed by atoms with Crippen molar-refractivity contribution in [3.8, 4) is 0 Å². The lowest BCUT2D eigenvalue weighted by atomic mass is 10.2. The standard InChI is InChI=1S/C10H5Br4F3O5S/c11-3-1-4(12)8(14)6(7(3)13)9(18)22-5(10(15,16)17)2-23(19,20)21/h1,5H,2H2,(H,19,20,21). The van der Waals surface area contributed by atoms with E-state index in [-0.39, 0.29) is 14.5 Å². The second-order valence-corrected chi connectivity index (χ2v) is 8.82. The van der Waals surface area contributed by atoms with Crippen molar-refractivity contribution in [2.24, 2.45) is 0 Å². The number of carbonyl (C=O) groups is 1. The topological polar surface area (TPSA) is 80.7 Å². The highest BCUT2D eigenvalue weighted by Gasteiger charge is 2.46. The molecule has 0 fully saturated rings. The molecule has 1 atom stereocenters. The van der Waals surface area contributed by atoms with Gasteiger partial charge in [0.25, 0.3) is 10.1 Å². The molecule has 0 amide bonds. The molecule has 0 bridgehead atoms. The molecule has 0 aliphatic heterocycles. The molecule has 0 heterocycles. The molecular weight excluding hydrogens is 609 g/mol. The molecule has 5 nitrogen and oxygen atoms in total. The summed E-state index contributed by atoms with van der Waals surface area (Å²) in [6, 6.07) is 1.52. The summed E-state index contributed by atoms with van der Waals surface area (Å²) in [5.74, 6) is -3.23. The van der Waals surface area contributed by atoms with Gasteiger partial charge in [-0.15, -0.1) is 0 Å². The minimum atomic E-state index is -5.17. The highest BCUT2D eigenvalue weighted by molar-refractivity contribution is 9.14. The lowest BCUT2D eigenvalue weighted by Crippen LogP contribution is -2.39. The molecule has 1 unspecified atom stereocenters. The van der Waals surface area contributed by atoms with Crippen LogP contribution in [-0.2, 0) is 14.9 Å². The van der Waals surface area contributed by atoms with Gasteiger partial charge in [0.05, 0.1) is 5.56 Å². The molecule has 0 aliphatic rings. The van der Waals surface area contributed by atoms with Gasteiger partial charge >= 0.3 is 12.1 Å². The van der Waals surface area contributed by atoms with Crippen molar-refractivity contribution in [1.29, 1.82) is 0 Å². The van der Waals surface area contributed by atoms with E-state index in [1.807, 2.05) is 0 Å². The second-order valence-electron chi connectivity index (χ2n) is 4.03. The predicted molar refractivity (Wildman–Crippen MR) is 88.9 cm³/mol. The third kappa shape index (κ3) is 5.96. The third-order valence-electron chi connectivity index (χ3n) is 2.29. The van der Waals surface area contributed by atoms with E-state index in [0.717, 1.165) is 0 Å². The fraction of sp³-hybridized carbons (Fsp3) is 0.300. The molecule has 0 aromatic heterocycles. The van der Waals surface area contributed by atoms with Crippen molar-refractivity contribution in [1.82, 2.24) is 0 Å². The summed E-state index contributed by atoms with van der Waals surface area (Å²) in [5.41, 5.74) is -0.296. The molecule has 0 spiro atoms. The van der Waals surface area contributed by atoms with E-state index in [1.54, 1.807) is 0 Å². The zero-order valence-electron chi connectivity index (χ0n) is 10.5. The first-order valence-electron chi connectivity index (χ1n) is 5.30. The molecule has 0 saturated heterocycles. The number of benzene rings is 1. The Morgan fingerprint density at radius 2 is 1.61 bits per heavy atom. The Kier molecular flexibility index (Phi) is 7.13. The molecule has 23 heavy (non-hydrogen) atoms. The van der Waals surface area contributed by atoms with E-state index in [4.69, 9.17) is 4.55 Å². The molecule has 1 aromatic rings. The van der Waals surface area contributed by atoms with Crippen molar-refractivity contribution in [2.75, 3.05) is 5.75 Å². The summed E-state index contributed by atoms with van der Waals surface area (Å²) in [6.07, 6.45) is -8.19. The maximum Gasteiger partial charge on any atom is 0.426 e. The number of rotatable bonds is 4. The van der Waals surface area contributed by atoms with E-state index < -0.39 is 34.1 Å². The molecule has 0 saturated carbocycles. The summed E-state index contributed by atoms with van der Waals surface area (Å²) in [7, 11) is -5.01. The summed E-state index contributed by atoms with van der Waals surface area (Å²) in [4.78, 5) is 12.0. The van der Waals surface area contributed by atoms with E-state index >= 15 is 0 Å².